The third kappa shape index (κ3) is 5.75. The van der Waals surface area contributed by atoms with E-state index in [9.17, 15) is 9.59 Å². The molecular weight excluding hydrogens is 386 g/mol. The van der Waals surface area contributed by atoms with Gasteiger partial charge in [0.1, 0.15) is 12.9 Å². The molecule has 0 fully saturated rings. The van der Waals surface area contributed by atoms with Crippen molar-refractivity contribution >= 4 is 12.4 Å². The van der Waals surface area contributed by atoms with E-state index < -0.39 is 6.09 Å². The Bertz CT molecular complexity index is 818. The first-order valence-corrected chi connectivity index (χ1v) is 11.7. The summed E-state index contributed by atoms with van der Waals surface area (Å²) in [5.41, 5.74) is 4.80. The van der Waals surface area contributed by atoms with Gasteiger partial charge in [-0.25, -0.2) is 4.79 Å². The molecule has 2 aromatic carbocycles. The molecular formula is C27H35NO3. The third-order valence-electron chi connectivity index (χ3n) is 6.35. The Morgan fingerprint density at radius 3 is 2.16 bits per heavy atom. The normalized spacial score (nSPS) is 13.4. The standard InChI is InChI=1S/C27H35NO3/c1-3-4-5-6-7-8-13-21(2)28(18-19-29)27(30)31-20-26-24-16-11-9-14-22(24)23-15-10-12-17-25(23)26/h9-12,14-17,19,21,26H,3-8,13,18,20H2,1-2H3. The minimum atomic E-state index is -0.396. The summed E-state index contributed by atoms with van der Waals surface area (Å²) in [4.78, 5) is 25.7. The number of unbranched alkanes of at least 4 members (excludes halogenated alkanes) is 5. The summed E-state index contributed by atoms with van der Waals surface area (Å²) in [5.74, 6) is 0.0308. The molecule has 0 bridgehead atoms. The molecule has 1 amide bonds. The van der Waals surface area contributed by atoms with Crippen LogP contribution < -0.4 is 0 Å². The number of ether oxygens (including phenoxy) is 1. The maximum absolute atomic E-state index is 12.9. The Morgan fingerprint density at radius 1 is 0.968 bits per heavy atom. The van der Waals surface area contributed by atoms with Gasteiger partial charge in [0.2, 0.25) is 0 Å². The van der Waals surface area contributed by atoms with Crippen LogP contribution in [0.25, 0.3) is 11.1 Å². The molecule has 166 valence electrons. The number of hydrogen-bond donors (Lipinski definition) is 0. The van der Waals surface area contributed by atoms with Gasteiger partial charge in [-0.3, -0.25) is 4.90 Å². The molecule has 0 aromatic heterocycles. The summed E-state index contributed by atoms with van der Waals surface area (Å²) in [6.07, 6.45) is 8.56. The highest BCUT2D eigenvalue weighted by atomic mass is 16.6. The van der Waals surface area contributed by atoms with Crippen molar-refractivity contribution in [2.45, 2.75) is 70.8 Å². The van der Waals surface area contributed by atoms with Gasteiger partial charge in [-0.15, -0.1) is 0 Å². The van der Waals surface area contributed by atoms with Gasteiger partial charge in [-0.05, 0) is 35.6 Å². The average molecular weight is 422 g/mol. The van der Waals surface area contributed by atoms with Crippen LogP contribution in [0.1, 0.15) is 75.8 Å². The Morgan fingerprint density at radius 2 is 1.55 bits per heavy atom. The minimum Gasteiger partial charge on any atom is -0.448 e. The predicted molar refractivity (Wildman–Crippen MR) is 125 cm³/mol. The number of nitrogens with zero attached hydrogens (tertiary/aromatic N) is 1. The molecule has 0 saturated carbocycles. The van der Waals surface area contributed by atoms with Crippen LogP contribution in [0.5, 0.6) is 0 Å². The van der Waals surface area contributed by atoms with Crippen molar-refractivity contribution in [2.75, 3.05) is 13.2 Å². The fourth-order valence-corrected chi connectivity index (χ4v) is 4.57. The van der Waals surface area contributed by atoms with Crippen LogP contribution in [0.3, 0.4) is 0 Å². The topological polar surface area (TPSA) is 46.6 Å². The van der Waals surface area contributed by atoms with Crippen LogP contribution in [-0.2, 0) is 9.53 Å². The number of aldehydes is 1. The van der Waals surface area contributed by atoms with Crippen LogP contribution in [0.4, 0.5) is 4.79 Å². The molecule has 1 aliphatic rings. The van der Waals surface area contributed by atoms with E-state index in [1.165, 1.54) is 54.4 Å². The van der Waals surface area contributed by atoms with Crippen LogP contribution in [0, 0.1) is 0 Å². The fourth-order valence-electron chi connectivity index (χ4n) is 4.57. The molecule has 31 heavy (non-hydrogen) atoms. The van der Waals surface area contributed by atoms with E-state index in [-0.39, 0.29) is 25.1 Å². The second-order valence-electron chi connectivity index (χ2n) is 8.53. The highest BCUT2D eigenvalue weighted by Gasteiger charge is 2.30. The molecule has 1 unspecified atom stereocenters. The molecule has 4 heteroatoms. The van der Waals surface area contributed by atoms with Crippen LogP contribution in [0.2, 0.25) is 0 Å². The zero-order valence-electron chi connectivity index (χ0n) is 18.9. The molecule has 0 spiro atoms. The zero-order chi connectivity index (χ0) is 22.1. The van der Waals surface area contributed by atoms with Gasteiger partial charge < -0.3 is 9.53 Å². The molecule has 0 radical (unpaired) electrons. The molecule has 0 N–H and O–H groups in total. The molecule has 1 atom stereocenters. The smallest absolute Gasteiger partial charge is 0.410 e. The van der Waals surface area contributed by atoms with Crippen LogP contribution in [0.15, 0.2) is 48.5 Å². The van der Waals surface area contributed by atoms with E-state index in [4.69, 9.17) is 4.74 Å². The number of hydrogen-bond acceptors (Lipinski definition) is 3. The lowest BCUT2D eigenvalue weighted by Gasteiger charge is -2.27. The van der Waals surface area contributed by atoms with Crippen molar-refractivity contribution in [1.29, 1.82) is 0 Å². The van der Waals surface area contributed by atoms with Gasteiger partial charge in [-0.2, -0.15) is 0 Å². The van der Waals surface area contributed by atoms with Gasteiger partial charge in [0.25, 0.3) is 0 Å². The monoisotopic (exact) mass is 421 g/mol. The summed E-state index contributed by atoms with van der Waals surface area (Å²) in [6, 6.07) is 16.6. The first-order valence-electron chi connectivity index (χ1n) is 11.7. The number of carbonyl (C=O) groups excluding carboxylic acids is 2. The number of carbonyl (C=O) groups is 2. The van der Waals surface area contributed by atoms with E-state index >= 15 is 0 Å². The number of benzene rings is 2. The van der Waals surface area contributed by atoms with Crippen molar-refractivity contribution < 1.29 is 14.3 Å². The number of amides is 1. The van der Waals surface area contributed by atoms with Gasteiger partial charge >= 0.3 is 6.09 Å². The van der Waals surface area contributed by atoms with Crippen molar-refractivity contribution in [3.8, 4) is 11.1 Å². The maximum Gasteiger partial charge on any atom is 0.410 e. The van der Waals surface area contributed by atoms with Gasteiger partial charge in [0, 0.05) is 12.0 Å². The van der Waals surface area contributed by atoms with E-state index in [0.717, 1.165) is 19.1 Å². The Labute approximate surface area is 186 Å². The van der Waals surface area contributed by atoms with Crippen molar-refractivity contribution in [3.05, 3.63) is 59.7 Å². The van der Waals surface area contributed by atoms with Crippen LogP contribution >= 0.6 is 0 Å². The maximum atomic E-state index is 12.9. The van der Waals surface area contributed by atoms with E-state index in [1.54, 1.807) is 4.90 Å². The number of rotatable bonds is 12. The average Bonchev–Trinajstić information content (AvgIpc) is 3.12. The molecule has 0 saturated heterocycles. The highest BCUT2D eigenvalue weighted by Crippen LogP contribution is 2.44. The first kappa shape index (κ1) is 23.1. The molecule has 1 aliphatic carbocycles. The van der Waals surface area contributed by atoms with E-state index in [0.29, 0.717) is 0 Å². The quantitative estimate of drug-likeness (QED) is 0.287. The summed E-state index contributed by atoms with van der Waals surface area (Å²) in [7, 11) is 0. The van der Waals surface area contributed by atoms with Crippen molar-refractivity contribution in [3.63, 3.8) is 0 Å². The zero-order valence-corrected chi connectivity index (χ0v) is 18.9. The van der Waals surface area contributed by atoms with E-state index in [2.05, 4.69) is 31.2 Å². The predicted octanol–water partition coefficient (Wildman–Crippen LogP) is 6.58. The SMILES string of the molecule is CCCCCCCCC(C)N(CC=O)C(=O)OCC1c2ccccc2-c2ccccc21. The number of fused-ring (bicyclic) bond motifs is 3. The lowest BCUT2D eigenvalue weighted by atomic mass is 9.98. The Kier molecular flexibility index (Phi) is 8.69. The van der Waals surface area contributed by atoms with Crippen molar-refractivity contribution in [2.24, 2.45) is 0 Å². The minimum absolute atomic E-state index is 0.00738. The lowest BCUT2D eigenvalue weighted by molar-refractivity contribution is -0.109. The Balaban J connectivity index is 1.58. The summed E-state index contributed by atoms with van der Waals surface area (Å²) < 4.78 is 5.76. The van der Waals surface area contributed by atoms with Crippen LogP contribution in [-0.4, -0.2) is 36.5 Å². The molecule has 2 aromatic rings. The summed E-state index contributed by atoms with van der Waals surface area (Å²) in [6.45, 7) is 4.59. The largest absolute Gasteiger partial charge is 0.448 e. The van der Waals surface area contributed by atoms with Gasteiger partial charge in [0.05, 0.1) is 6.54 Å². The lowest BCUT2D eigenvalue weighted by Crippen LogP contribution is -2.40. The second-order valence-corrected chi connectivity index (χ2v) is 8.53. The van der Waals surface area contributed by atoms with Gasteiger partial charge in [-0.1, -0.05) is 94.0 Å². The molecule has 0 heterocycles. The summed E-state index contributed by atoms with van der Waals surface area (Å²) >= 11 is 0. The molecule has 0 aliphatic heterocycles. The van der Waals surface area contributed by atoms with Crippen molar-refractivity contribution in [1.82, 2.24) is 4.90 Å². The van der Waals surface area contributed by atoms with Gasteiger partial charge in [0.15, 0.2) is 0 Å². The first-order chi connectivity index (χ1) is 15.2. The summed E-state index contributed by atoms with van der Waals surface area (Å²) in [5, 5.41) is 0. The third-order valence-corrected chi connectivity index (χ3v) is 6.35. The fraction of sp³-hybridized carbons (Fsp3) is 0.481. The Hall–Kier alpha value is -2.62. The van der Waals surface area contributed by atoms with E-state index in [1.807, 2.05) is 31.2 Å². The second kappa shape index (κ2) is 11.7. The molecule has 4 nitrogen and oxygen atoms in total. The molecule has 3 rings (SSSR count). The highest BCUT2D eigenvalue weighted by molar-refractivity contribution is 5.79.